The van der Waals surface area contributed by atoms with Crippen LogP contribution in [0.5, 0.6) is 17.2 Å². The van der Waals surface area contributed by atoms with E-state index < -0.39 is 7.53 Å². The summed E-state index contributed by atoms with van der Waals surface area (Å²) >= 11 is 0. The summed E-state index contributed by atoms with van der Waals surface area (Å²) in [5.41, 5.74) is 2.32. The molecule has 0 spiro atoms. The van der Waals surface area contributed by atoms with Gasteiger partial charge < -0.3 is 9.47 Å². The number of methoxy groups -OCH3 is 1. The van der Waals surface area contributed by atoms with E-state index in [0.717, 1.165) is 22.8 Å². The molecule has 0 aliphatic carbocycles. The fourth-order valence-corrected chi connectivity index (χ4v) is 6.86. The minimum atomic E-state index is -0.604. The highest BCUT2D eigenvalue weighted by Gasteiger charge is 2.18. The van der Waals surface area contributed by atoms with Gasteiger partial charge in [0.05, 0.1) is 7.11 Å². The van der Waals surface area contributed by atoms with Gasteiger partial charge >= 0.3 is 0 Å². The lowest BCUT2D eigenvalue weighted by molar-refractivity contribution is 0.412. The smallest absolute Gasteiger partial charge is 0.131 e. The molecule has 0 N–H and O–H groups in total. The van der Waals surface area contributed by atoms with Crippen molar-refractivity contribution in [3.63, 3.8) is 0 Å². The van der Waals surface area contributed by atoms with Crippen molar-refractivity contribution in [1.29, 1.82) is 0 Å². The van der Waals surface area contributed by atoms with Crippen LogP contribution in [0.3, 0.4) is 0 Å². The summed E-state index contributed by atoms with van der Waals surface area (Å²) in [4.78, 5) is 0. The molecule has 0 aliphatic rings. The largest absolute Gasteiger partial charge is 0.496 e. The number of hydrogen-bond donors (Lipinski definition) is 0. The van der Waals surface area contributed by atoms with Gasteiger partial charge in [0.25, 0.3) is 0 Å². The zero-order valence-corrected chi connectivity index (χ0v) is 18.2. The highest BCUT2D eigenvalue weighted by Crippen LogP contribution is 2.57. The van der Waals surface area contributed by atoms with E-state index in [1.165, 1.54) is 31.9 Å². The predicted molar refractivity (Wildman–Crippen MR) is 128 cm³/mol. The molecule has 0 fully saturated rings. The molecule has 1 aromatic heterocycles. The fourth-order valence-electron chi connectivity index (χ4n) is 4.08. The van der Waals surface area contributed by atoms with Gasteiger partial charge in [0.1, 0.15) is 17.2 Å². The first-order valence-corrected chi connectivity index (χ1v) is 11.4. The maximum atomic E-state index is 6.25. The van der Waals surface area contributed by atoms with E-state index in [4.69, 9.17) is 9.47 Å². The van der Waals surface area contributed by atoms with E-state index in [2.05, 4.69) is 68.4 Å². The van der Waals surface area contributed by atoms with Crippen molar-refractivity contribution < 1.29 is 9.47 Å². The second kappa shape index (κ2) is 7.55. The minimum absolute atomic E-state index is 0.604. The maximum absolute atomic E-state index is 6.25. The Bertz CT molecular complexity index is 1350. The Kier molecular flexibility index (Phi) is 4.73. The molecule has 148 valence electrons. The Morgan fingerprint density at radius 3 is 1.77 bits per heavy atom. The number of ether oxygens (including phenoxy) is 2. The lowest BCUT2D eigenvalue weighted by atomic mass is 10.1. The summed E-state index contributed by atoms with van der Waals surface area (Å²) in [5, 5.41) is 6.64. The van der Waals surface area contributed by atoms with Crippen molar-refractivity contribution in [2.24, 2.45) is 0 Å². The first-order chi connectivity index (χ1) is 14.7. The van der Waals surface area contributed by atoms with Crippen LogP contribution in [0.1, 0.15) is 11.1 Å². The quantitative estimate of drug-likeness (QED) is 0.296. The maximum Gasteiger partial charge on any atom is 0.131 e. The molecule has 1 unspecified atom stereocenters. The molecule has 0 saturated carbocycles. The highest BCUT2D eigenvalue weighted by molar-refractivity contribution is 7.67. The van der Waals surface area contributed by atoms with Crippen LogP contribution < -0.4 is 9.47 Å². The molecular weight excluding hydrogens is 387 g/mol. The molecule has 0 aliphatic heterocycles. The normalized spacial score (nSPS) is 11.8. The van der Waals surface area contributed by atoms with Crippen molar-refractivity contribution in [3.05, 3.63) is 96.1 Å². The van der Waals surface area contributed by atoms with Crippen LogP contribution in [-0.2, 0) is 0 Å². The summed E-state index contributed by atoms with van der Waals surface area (Å²) in [6.45, 7) is 4.25. The van der Waals surface area contributed by atoms with Crippen LogP contribution >= 0.6 is 7.53 Å². The number of rotatable bonds is 4. The summed E-state index contributed by atoms with van der Waals surface area (Å²) < 4.78 is 11.9. The Hall–Kier alpha value is -3.22. The molecule has 5 rings (SSSR count). The Morgan fingerprint density at radius 1 is 0.633 bits per heavy atom. The van der Waals surface area contributed by atoms with E-state index in [-0.39, 0.29) is 0 Å². The molecule has 1 atom stereocenters. The minimum Gasteiger partial charge on any atom is -0.496 e. The number of benzene rings is 4. The van der Waals surface area contributed by atoms with Crippen LogP contribution in [0.25, 0.3) is 26.3 Å². The van der Waals surface area contributed by atoms with E-state index in [9.17, 15) is 0 Å². The molecule has 0 saturated heterocycles. The van der Waals surface area contributed by atoms with Gasteiger partial charge in [-0.15, -0.1) is 0 Å². The molecule has 30 heavy (non-hydrogen) atoms. The molecule has 2 nitrogen and oxygen atoms in total. The summed E-state index contributed by atoms with van der Waals surface area (Å²) in [5.74, 6) is 2.68. The first kappa shape index (κ1) is 18.8. The second-order valence-corrected chi connectivity index (χ2v) is 9.71. The molecule has 0 radical (unpaired) electrons. The molecule has 5 aromatic rings. The van der Waals surface area contributed by atoms with E-state index in [1.807, 2.05) is 30.3 Å². The topological polar surface area (TPSA) is 18.5 Å². The summed E-state index contributed by atoms with van der Waals surface area (Å²) in [7, 11) is 1.14. The van der Waals surface area contributed by atoms with Crippen LogP contribution in [0.4, 0.5) is 0 Å². The number of fused-ring (bicyclic) bond motifs is 3. The van der Waals surface area contributed by atoms with Gasteiger partial charge in [-0.25, -0.2) is 0 Å². The Morgan fingerprint density at radius 2 is 1.17 bits per heavy atom. The van der Waals surface area contributed by atoms with Gasteiger partial charge in [-0.1, -0.05) is 56.1 Å². The number of hydrogen-bond acceptors (Lipinski definition) is 2. The van der Waals surface area contributed by atoms with Gasteiger partial charge in [0.2, 0.25) is 0 Å². The molecular formula is C27H23O2P. The molecule has 4 aromatic carbocycles. The van der Waals surface area contributed by atoms with Crippen LogP contribution in [-0.4, -0.2) is 7.11 Å². The lowest BCUT2D eigenvalue weighted by Crippen LogP contribution is -1.87. The number of para-hydroxylation sites is 1. The van der Waals surface area contributed by atoms with Crippen LogP contribution in [0.2, 0.25) is 0 Å². The number of aryl methyl sites for hydroxylation is 2. The Balaban J connectivity index is 1.82. The van der Waals surface area contributed by atoms with Gasteiger partial charge in [-0.3, -0.25) is 0 Å². The van der Waals surface area contributed by atoms with Gasteiger partial charge in [0.15, 0.2) is 0 Å². The van der Waals surface area contributed by atoms with Crippen molar-refractivity contribution in [3.8, 4) is 22.6 Å². The van der Waals surface area contributed by atoms with Crippen LogP contribution in [0.15, 0.2) is 84.9 Å². The second-order valence-electron chi connectivity index (χ2n) is 7.56. The molecule has 3 heteroatoms. The third-order valence-corrected chi connectivity index (χ3v) is 8.08. The molecule has 0 bridgehead atoms. The third-order valence-electron chi connectivity index (χ3n) is 5.56. The average Bonchev–Trinajstić information content (AvgIpc) is 3.06. The SMILES string of the molecule is COc1cc2c3cc(Oc4ccccc4)c(C)cc3p(-c3ccccc3)c2cc1C. The fraction of sp³-hybridized carbons (Fsp3) is 0.111. The average molecular weight is 410 g/mol. The van der Waals surface area contributed by atoms with Crippen molar-refractivity contribution in [1.82, 2.24) is 0 Å². The molecule has 1 heterocycles. The van der Waals surface area contributed by atoms with Gasteiger partial charge in [-0.2, -0.15) is 0 Å². The summed E-state index contributed by atoms with van der Waals surface area (Å²) in [6, 6.07) is 29.8. The van der Waals surface area contributed by atoms with Gasteiger partial charge in [-0.05, 0) is 77.4 Å². The van der Waals surface area contributed by atoms with Crippen molar-refractivity contribution >= 4 is 28.5 Å². The van der Waals surface area contributed by atoms with Crippen molar-refractivity contribution in [2.75, 3.05) is 7.11 Å². The standard InChI is InChI=1S/C27H23O2P/c1-18-14-26-22(16-24(18)28-3)23-17-25(29-20-10-6-4-7-11-20)19(2)15-27(23)30(26)21-12-8-5-9-13-21/h4-17H,1-3H3. The highest BCUT2D eigenvalue weighted by atomic mass is 31.1. The van der Waals surface area contributed by atoms with E-state index in [1.54, 1.807) is 7.11 Å². The first-order valence-electron chi connectivity index (χ1n) is 10.1. The Labute approximate surface area is 177 Å². The zero-order valence-electron chi connectivity index (χ0n) is 17.3. The van der Waals surface area contributed by atoms with Crippen LogP contribution in [0, 0.1) is 13.8 Å². The molecule has 0 amide bonds. The van der Waals surface area contributed by atoms with Gasteiger partial charge in [0, 0.05) is 10.2 Å². The predicted octanol–water partition coefficient (Wildman–Crippen LogP) is 8.39. The third kappa shape index (κ3) is 3.14. The lowest BCUT2D eigenvalue weighted by Gasteiger charge is -2.10. The monoisotopic (exact) mass is 410 g/mol. The summed E-state index contributed by atoms with van der Waals surface area (Å²) in [6.07, 6.45) is 0. The van der Waals surface area contributed by atoms with E-state index >= 15 is 0 Å². The van der Waals surface area contributed by atoms with Crippen molar-refractivity contribution in [2.45, 2.75) is 13.8 Å². The van der Waals surface area contributed by atoms with E-state index in [0.29, 0.717) is 0 Å². The zero-order chi connectivity index (χ0) is 20.7.